The monoisotopic (exact) mass is 645 g/mol. The van der Waals surface area contributed by atoms with E-state index in [1.54, 1.807) is 25.1 Å². The summed E-state index contributed by atoms with van der Waals surface area (Å²) < 4.78 is 63.0. The Labute approximate surface area is 269 Å². The fourth-order valence-corrected chi connectivity index (χ4v) is 6.28. The number of azo groups is 1. The number of benzene rings is 3. The Balaban J connectivity index is 0.00000462. The molecule has 0 radical (unpaired) electrons. The number of halogens is 2. The van der Waals surface area contributed by atoms with Crippen LogP contribution >= 0.6 is 23.2 Å². The van der Waals surface area contributed by atoms with Crippen molar-refractivity contribution in [2.75, 3.05) is 9.73 Å². The summed E-state index contributed by atoms with van der Waals surface area (Å²) in [6, 6.07) is 12.2. The molecule has 210 valence electrons. The molecule has 0 bridgehead atoms. The summed E-state index contributed by atoms with van der Waals surface area (Å²) in [5.74, 6) is -0.670. The zero-order valence-corrected chi connectivity index (χ0v) is 27.4. The number of rotatable bonds is 8. The minimum atomic E-state index is -4.90. The van der Waals surface area contributed by atoms with Crippen molar-refractivity contribution in [3.05, 3.63) is 75.8 Å². The third kappa shape index (κ3) is 7.17. The number of anilines is 2. The minimum absolute atomic E-state index is 0. The molecule has 0 spiro atoms. The molecule has 0 aromatic heterocycles. The first-order valence-corrected chi connectivity index (χ1v) is 15.3. The van der Waals surface area contributed by atoms with Crippen molar-refractivity contribution in [2.45, 2.75) is 43.0 Å². The van der Waals surface area contributed by atoms with E-state index in [1.165, 1.54) is 19.1 Å². The van der Waals surface area contributed by atoms with Crippen LogP contribution in [0.15, 0.2) is 79.7 Å². The topological polar surface area (TPSA) is 161 Å². The number of hydrogen-bond acceptors (Lipinski definition) is 9. The molecule has 16 heteroatoms. The molecule has 11 nitrogen and oxygen atoms in total. The Bertz CT molecular complexity index is 1800. The number of para-hydroxylation sites is 1. The molecular formula is C25H22Cl2N5NaO6S2. The van der Waals surface area contributed by atoms with E-state index >= 15 is 0 Å². The van der Waals surface area contributed by atoms with Gasteiger partial charge in [0.1, 0.15) is 10.1 Å². The second-order valence-electron chi connectivity index (χ2n) is 8.76. The fourth-order valence-electron chi connectivity index (χ4n) is 3.85. The van der Waals surface area contributed by atoms with Gasteiger partial charge >= 0.3 is 29.6 Å². The molecule has 0 saturated heterocycles. The van der Waals surface area contributed by atoms with Crippen LogP contribution in [0, 0.1) is 6.92 Å². The van der Waals surface area contributed by atoms with E-state index in [0.717, 1.165) is 22.7 Å². The number of amides is 1. The van der Waals surface area contributed by atoms with Crippen LogP contribution in [0.5, 0.6) is 0 Å². The number of sulfonamides is 1. The summed E-state index contributed by atoms with van der Waals surface area (Å²) in [6.45, 7) is 5.15. The van der Waals surface area contributed by atoms with Gasteiger partial charge in [-0.05, 0) is 61.7 Å². The van der Waals surface area contributed by atoms with E-state index < -0.39 is 42.0 Å². The number of carbonyl (C=O) groups excluding carboxylic acids is 1. The quantitative estimate of drug-likeness (QED) is 0.225. The van der Waals surface area contributed by atoms with E-state index in [4.69, 9.17) is 23.2 Å². The summed E-state index contributed by atoms with van der Waals surface area (Å²) in [7, 11) is -8.85. The average molecular weight is 647 g/mol. The second-order valence-corrected chi connectivity index (χ2v) is 12.6. The number of nitrogens with zero attached hydrogens (tertiary/aromatic N) is 4. The van der Waals surface area contributed by atoms with Gasteiger partial charge in [0.2, 0.25) is 0 Å². The van der Waals surface area contributed by atoms with Crippen molar-refractivity contribution >= 4 is 72.0 Å². The number of hydrogen-bond donors (Lipinski definition) is 1. The van der Waals surface area contributed by atoms with Crippen LogP contribution in [0.4, 0.5) is 17.1 Å². The Kier molecular flexibility index (Phi) is 10.4. The molecule has 0 aliphatic carbocycles. The van der Waals surface area contributed by atoms with E-state index in [1.807, 2.05) is 19.1 Å². The first-order chi connectivity index (χ1) is 18.7. The number of aryl methyl sites for hydroxylation is 2. The molecule has 3 aromatic carbocycles. The average Bonchev–Trinajstić information content (AvgIpc) is 3.16. The van der Waals surface area contributed by atoms with Crippen LogP contribution in [-0.4, -0.2) is 39.0 Å². The largest absolute Gasteiger partial charge is 1.00 e. The zero-order chi connectivity index (χ0) is 29.4. The summed E-state index contributed by atoms with van der Waals surface area (Å²) >= 11 is 12.1. The molecule has 3 aromatic rings. The Morgan fingerprint density at radius 2 is 1.71 bits per heavy atom. The molecule has 0 fully saturated rings. The van der Waals surface area contributed by atoms with Gasteiger partial charge in [-0.15, -0.1) is 0 Å². The molecule has 1 unspecified atom stereocenters. The van der Waals surface area contributed by atoms with Crippen LogP contribution < -0.4 is 39.3 Å². The van der Waals surface area contributed by atoms with E-state index in [0.29, 0.717) is 17.7 Å². The predicted octanol–water partition coefficient (Wildman–Crippen LogP) is 2.45. The van der Waals surface area contributed by atoms with Crippen molar-refractivity contribution in [1.29, 1.82) is 0 Å². The maximum Gasteiger partial charge on any atom is 1.00 e. The molecule has 1 heterocycles. The van der Waals surface area contributed by atoms with Gasteiger partial charge in [0.15, 0.2) is 6.04 Å². The van der Waals surface area contributed by atoms with Crippen molar-refractivity contribution in [1.82, 2.24) is 0 Å². The van der Waals surface area contributed by atoms with Crippen molar-refractivity contribution < 1.29 is 55.7 Å². The first kappa shape index (κ1) is 33.1. The number of hydrazone groups is 1. The summed E-state index contributed by atoms with van der Waals surface area (Å²) in [5.41, 5.74) is 2.32. The number of nitrogens with one attached hydrogen (secondary N) is 1. The summed E-state index contributed by atoms with van der Waals surface area (Å²) in [4.78, 5) is 12.4. The zero-order valence-electron chi connectivity index (χ0n) is 22.3. The van der Waals surface area contributed by atoms with Gasteiger partial charge in [-0.1, -0.05) is 54.4 Å². The van der Waals surface area contributed by atoms with Crippen molar-refractivity contribution in [3.63, 3.8) is 0 Å². The Morgan fingerprint density at radius 3 is 2.37 bits per heavy atom. The van der Waals surface area contributed by atoms with Crippen molar-refractivity contribution in [2.24, 2.45) is 15.3 Å². The molecule has 1 amide bonds. The van der Waals surface area contributed by atoms with Gasteiger partial charge in [0.05, 0.1) is 42.6 Å². The third-order valence-electron chi connectivity index (χ3n) is 6.01. The van der Waals surface area contributed by atoms with E-state index in [-0.39, 0.29) is 56.6 Å². The predicted molar refractivity (Wildman–Crippen MR) is 151 cm³/mol. The van der Waals surface area contributed by atoms with Gasteiger partial charge in [-0.3, -0.25) is 9.52 Å². The smallest absolute Gasteiger partial charge is 0.744 e. The Hall–Kier alpha value is -2.36. The molecular weight excluding hydrogens is 624 g/mol. The molecule has 1 aliphatic rings. The van der Waals surface area contributed by atoms with Crippen LogP contribution in [0.3, 0.4) is 0 Å². The Morgan fingerprint density at radius 1 is 1.02 bits per heavy atom. The SMILES string of the molecule is CCc1ccccc1NS(=O)(=O)c1ccc(C)c(N=NC2C(=O)N(c3cc(Cl)c(S(=O)(=O)[O-])cc3Cl)N=C2C)c1.[Na+]. The third-order valence-corrected chi connectivity index (χ3v) is 8.98. The normalized spacial score (nSPS) is 15.7. The summed E-state index contributed by atoms with van der Waals surface area (Å²) in [5, 5.41) is 12.6. The molecule has 4 rings (SSSR count). The van der Waals surface area contributed by atoms with Crippen LogP contribution in [-0.2, 0) is 31.4 Å². The van der Waals surface area contributed by atoms with Crippen LogP contribution in [0.2, 0.25) is 10.0 Å². The number of carbonyl (C=O) groups is 1. The van der Waals surface area contributed by atoms with Crippen LogP contribution in [0.25, 0.3) is 0 Å². The van der Waals surface area contributed by atoms with Gasteiger partial charge < -0.3 is 4.55 Å². The molecule has 1 aliphatic heterocycles. The molecule has 0 saturated carbocycles. The van der Waals surface area contributed by atoms with E-state index in [2.05, 4.69) is 20.1 Å². The van der Waals surface area contributed by atoms with Gasteiger partial charge in [0, 0.05) is 0 Å². The van der Waals surface area contributed by atoms with Crippen LogP contribution in [0.1, 0.15) is 25.0 Å². The second kappa shape index (κ2) is 12.9. The van der Waals surface area contributed by atoms with E-state index in [9.17, 15) is 26.2 Å². The molecule has 1 N–H and O–H groups in total. The molecule has 1 atom stereocenters. The van der Waals surface area contributed by atoms with Gasteiger partial charge in [0.25, 0.3) is 15.9 Å². The first-order valence-electron chi connectivity index (χ1n) is 11.7. The van der Waals surface area contributed by atoms with Crippen molar-refractivity contribution in [3.8, 4) is 0 Å². The van der Waals surface area contributed by atoms with Gasteiger partial charge in [-0.2, -0.15) is 20.3 Å². The fraction of sp³-hybridized carbons (Fsp3) is 0.200. The standard InChI is InChI=1S/C25H23Cl2N5O6S2.Na/c1-4-16-7-5-6-8-20(16)31-39(34,35)17-10-9-14(2)21(11-17)28-29-24-15(3)30-32(25(24)33)22-12-19(27)23(13-18(22)26)40(36,37)38;/h5-13,24,31H,4H2,1-3H3,(H,36,37,38);/q;+1/p-1. The maximum atomic E-state index is 13.1. The van der Waals surface area contributed by atoms with Gasteiger partial charge in [-0.25, -0.2) is 16.8 Å². The molecule has 41 heavy (non-hydrogen) atoms. The maximum absolute atomic E-state index is 13.1. The minimum Gasteiger partial charge on any atom is -0.744 e. The summed E-state index contributed by atoms with van der Waals surface area (Å²) in [6.07, 6.45) is 0.638.